The Morgan fingerprint density at radius 2 is 2.10 bits per heavy atom. The second-order valence-electron chi connectivity index (χ2n) is 6.25. The van der Waals surface area contributed by atoms with Crippen LogP contribution in [0.5, 0.6) is 0 Å². The molecule has 20 heavy (non-hydrogen) atoms. The maximum absolute atomic E-state index is 11.5. The van der Waals surface area contributed by atoms with E-state index in [1.807, 2.05) is 17.8 Å². The number of rotatable bonds is 3. The second kappa shape index (κ2) is 5.58. The Labute approximate surface area is 125 Å². The van der Waals surface area contributed by atoms with E-state index in [1.165, 1.54) is 5.75 Å². The lowest BCUT2D eigenvalue weighted by Gasteiger charge is -2.35. The van der Waals surface area contributed by atoms with Crippen LogP contribution >= 0.6 is 11.8 Å². The fraction of sp³-hybridized carbons (Fsp3) is 0.571. The molecule has 0 aromatic heterocycles. The van der Waals surface area contributed by atoms with Gasteiger partial charge in [-0.05, 0) is 42.2 Å². The second-order valence-corrected chi connectivity index (χ2v) is 8.81. The molecule has 0 saturated carbocycles. The molecule has 1 aliphatic heterocycles. The Hall–Kier alpha value is -0.720. The van der Waals surface area contributed by atoms with Crippen LogP contribution in [0.2, 0.25) is 0 Å². The minimum absolute atomic E-state index is 0.199. The highest BCUT2D eigenvalue weighted by atomic mass is 32.2. The molecule has 0 aliphatic carbocycles. The molecule has 3 N–H and O–H groups in total. The first kappa shape index (κ1) is 15.7. The molecule has 1 aromatic carbocycles. The van der Waals surface area contributed by atoms with E-state index in [4.69, 9.17) is 5.14 Å². The largest absolute Gasteiger partial charge is 0.381 e. The lowest BCUT2D eigenvalue weighted by atomic mass is 9.88. The van der Waals surface area contributed by atoms with Gasteiger partial charge < -0.3 is 5.32 Å². The molecule has 1 saturated heterocycles. The average Bonchev–Trinajstić information content (AvgIpc) is 2.29. The van der Waals surface area contributed by atoms with Gasteiger partial charge in [0.1, 0.15) is 0 Å². The van der Waals surface area contributed by atoms with Crippen molar-refractivity contribution in [1.29, 1.82) is 0 Å². The van der Waals surface area contributed by atoms with Crippen LogP contribution in [-0.4, -0.2) is 26.0 Å². The summed E-state index contributed by atoms with van der Waals surface area (Å²) in [4.78, 5) is 0.199. The summed E-state index contributed by atoms with van der Waals surface area (Å²) in [6, 6.07) is 5.70. The van der Waals surface area contributed by atoms with Crippen molar-refractivity contribution < 1.29 is 8.42 Å². The van der Waals surface area contributed by atoms with Crippen molar-refractivity contribution in [2.45, 2.75) is 38.1 Å². The summed E-state index contributed by atoms with van der Waals surface area (Å²) in [6.45, 7) is 6.28. The third kappa shape index (κ3) is 3.90. The molecule has 0 radical (unpaired) electrons. The average molecular weight is 314 g/mol. The molecule has 0 amide bonds. The van der Waals surface area contributed by atoms with Crippen LogP contribution < -0.4 is 10.5 Å². The lowest BCUT2D eigenvalue weighted by molar-refractivity contribution is 0.358. The molecule has 112 valence electrons. The highest BCUT2D eigenvalue weighted by Gasteiger charge is 2.28. The zero-order chi connectivity index (χ0) is 15.0. The molecule has 1 aliphatic rings. The normalized spacial score (nSPS) is 22.5. The van der Waals surface area contributed by atoms with Crippen molar-refractivity contribution in [2.24, 2.45) is 10.6 Å². The number of thioether (sulfide) groups is 1. The van der Waals surface area contributed by atoms with Gasteiger partial charge in [-0.3, -0.25) is 0 Å². The van der Waals surface area contributed by atoms with Crippen LogP contribution in [0.1, 0.15) is 25.8 Å². The number of anilines is 1. The van der Waals surface area contributed by atoms with Gasteiger partial charge >= 0.3 is 0 Å². The maximum atomic E-state index is 11.5. The number of nitrogens with two attached hydrogens (primary N) is 1. The molecule has 0 spiro atoms. The standard InChI is InChI=1S/C14H22N2O2S2/c1-10-4-5-11(6-13(10)20(15,17)18)16-12-7-14(2,3)9-19-8-12/h4-6,12,16H,7-9H2,1-3H3,(H2,15,17,18). The summed E-state index contributed by atoms with van der Waals surface area (Å²) in [5.74, 6) is 2.21. The Kier molecular flexibility index (Phi) is 4.37. The number of sulfonamides is 1. The first-order chi connectivity index (χ1) is 9.17. The molecule has 1 aromatic rings. The molecule has 2 rings (SSSR count). The Bertz CT molecular complexity index is 597. The van der Waals surface area contributed by atoms with E-state index in [2.05, 4.69) is 19.2 Å². The van der Waals surface area contributed by atoms with E-state index >= 15 is 0 Å². The topological polar surface area (TPSA) is 72.2 Å². The van der Waals surface area contributed by atoms with Crippen molar-refractivity contribution in [3.8, 4) is 0 Å². The number of nitrogens with one attached hydrogen (secondary N) is 1. The minimum atomic E-state index is -3.66. The van der Waals surface area contributed by atoms with Crippen LogP contribution in [0.25, 0.3) is 0 Å². The Morgan fingerprint density at radius 3 is 2.70 bits per heavy atom. The summed E-state index contributed by atoms with van der Waals surface area (Å²) in [5, 5.41) is 8.68. The zero-order valence-corrected chi connectivity index (χ0v) is 13.8. The summed E-state index contributed by atoms with van der Waals surface area (Å²) in [6.07, 6.45) is 1.08. The third-order valence-corrected chi connectivity index (χ3v) is 6.15. The third-order valence-electron chi connectivity index (χ3n) is 3.48. The SMILES string of the molecule is Cc1ccc(NC2CSCC(C)(C)C2)cc1S(N)(=O)=O. The van der Waals surface area contributed by atoms with Gasteiger partial charge in [0.2, 0.25) is 10.0 Å². The number of primary sulfonamides is 1. The van der Waals surface area contributed by atoms with Gasteiger partial charge in [0.15, 0.2) is 0 Å². The van der Waals surface area contributed by atoms with Crippen molar-refractivity contribution in [3.05, 3.63) is 23.8 Å². The fourth-order valence-corrected chi connectivity index (χ4v) is 4.67. The molecular formula is C14H22N2O2S2. The molecule has 1 unspecified atom stereocenters. The minimum Gasteiger partial charge on any atom is -0.381 e. The maximum Gasteiger partial charge on any atom is 0.238 e. The summed E-state index contributed by atoms with van der Waals surface area (Å²) in [7, 11) is -3.66. The van der Waals surface area contributed by atoms with Crippen LogP contribution in [0.15, 0.2) is 23.1 Å². The number of hydrogen-bond acceptors (Lipinski definition) is 4. The van der Waals surface area contributed by atoms with E-state index in [0.29, 0.717) is 17.0 Å². The molecule has 1 heterocycles. The van der Waals surface area contributed by atoms with Crippen molar-refractivity contribution in [3.63, 3.8) is 0 Å². The van der Waals surface area contributed by atoms with Gasteiger partial charge in [-0.25, -0.2) is 13.6 Å². The van der Waals surface area contributed by atoms with E-state index in [-0.39, 0.29) is 4.90 Å². The van der Waals surface area contributed by atoms with Crippen LogP contribution in [0.4, 0.5) is 5.69 Å². The van der Waals surface area contributed by atoms with E-state index in [0.717, 1.165) is 17.9 Å². The van der Waals surface area contributed by atoms with Crippen LogP contribution in [-0.2, 0) is 10.0 Å². The predicted molar refractivity (Wildman–Crippen MR) is 85.7 cm³/mol. The van der Waals surface area contributed by atoms with Gasteiger partial charge in [-0.1, -0.05) is 19.9 Å². The van der Waals surface area contributed by atoms with Gasteiger partial charge in [-0.2, -0.15) is 11.8 Å². The smallest absolute Gasteiger partial charge is 0.238 e. The molecule has 1 fully saturated rings. The summed E-state index contributed by atoms with van der Waals surface area (Å²) < 4.78 is 23.1. The van der Waals surface area contributed by atoms with Crippen molar-refractivity contribution >= 4 is 27.5 Å². The molecule has 4 nitrogen and oxygen atoms in total. The quantitative estimate of drug-likeness (QED) is 0.899. The number of aryl methyl sites for hydroxylation is 1. The van der Waals surface area contributed by atoms with Gasteiger partial charge in [0.25, 0.3) is 0 Å². The van der Waals surface area contributed by atoms with E-state index in [1.54, 1.807) is 19.1 Å². The molecular weight excluding hydrogens is 292 g/mol. The lowest BCUT2D eigenvalue weighted by Crippen LogP contribution is -2.35. The van der Waals surface area contributed by atoms with Crippen molar-refractivity contribution in [1.82, 2.24) is 0 Å². The number of benzene rings is 1. The van der Waals surface area contributed by atoms with E-state index in [9.17, 15) is 8.42 Å². The van der Waals surface area contributed by atoms with Crippen molar-refractivity contribution in [2.75, 3.05) is 16.8 Å². The molecule has 1 atom stereocenters. The van der Waals surface area contributed by atoms with Gasteiger partial charge in [-0.15, -0.1) is 0 Å². The van der Waals surface area contributed by atoms with Crippen LogP contribution in [0.3, 0.4) is 0 Å². The monoisotopic (exact) mass is 314 g/mol. The molecule has 0 bridgehead atoms. The first-order valence-electron chi connectivity index (χ1n) is 6.65. The highest BCUT2D eigenvalue weighted by Crippen LogP contribution is 2.35. The Balaban J connectivity index is 2.18. The molecule has 6 heteroatoms. The van der Waals surface area contributed by atoms with Crippen LogP contribution in [0, 0.1) is 12.3 Å². The van der Waals surface area contributed by atoms with E-state index < -0.39 is 10.0 Å². The Morgan fingerprint density at radius 1 is 1.40 bits per heavy atom. The summed E-state index contributed by atoms with van der Waals surface area (Å²) >= 11 is 1.94. The summed E-state index contributed by atoms with van der Waals surface area (Å²) in [5.41, 5.74) is 1.81. The van der Waals surface area contributed by atoms with Gasteiger partial charge in [0, 0.05) is 17.5 Å². The first-order valence-corrected chi connectivity index (χ1v) is 9.35. The van der Waals surface area contributed by atoms with Gasteiger partial charge in [0.05, 0.1) is 4.90 Å². The zero-order valence-electron chi connectivity index (χ0n) is 12.1. The highest BCUT2D eigenvalue weighted by molar-refractivity contribution is 7.99. The number of hydrogen-bond donors (Lipinski definition) is 2. The predicted octanol–water partition coefficient (Wildman–Crippen LogP) is 2.59. The fourth-order valence-electron chi connectivity index (χ4n) is 2.59.